The van der Waals surface area contributed by atoms with Crippen molar-refractivity contribution in [3.8, 4) is 5.75 Å². The summed E-state index contributed by atoms with van der Waals surface area (Å²) in [5.74, 6) is -0.0265. The van der Waals surface area contributed by atoms with E-state index in [9.17, 15) is 17.6 Å². The first-order valence-electron chi connectivity index (χ1n) is 7.68. The zero-order valence-electron chi connectivity index (χ0n) is 13.3. The molecule has 1 saturated heterocycles. The lowest BCUT2D eigenvalue weighted by molar-refractivity contribution is -0.132. The van der Waals surface area contributed by atoms with E-state index in [0.717, 1.165) is 12.8 Å². The van der Waals surface area contributed by atoms with Gasteiger partial charge in [-0.15, -0.1) is 0 Å². The summed E-state index contributed by atoms with van der Waals surface area (Å²) in [7, 11) is -3.59. The monoisotopic (exact) mass is 356 g/mol. The first kappa shape index (κ1) is 18.4. The van der Waals surface area contributed by atoms with E-state index in [4.69, 9.17) is 10.5 Å². The number of rotatable bonds is 7. The van der Waals surface area contributed by atoms with Gasteiger partial charge in [-0.2, -0.15) is 0 Å². The Morgan fingerprint density at radius 1 is 1.29 bits per heavy atom. The van der Waals surface area contributed by atoms with Crippen molar-refractivity contribution in [2.24, 2.45) is 5.73 Å². The van der Waals surface area contributed by atoms with Crippen LogP contribution in [0.3, 0.4) is 0 Å². The summed E-state index contributed by atoms with van der Waals surface area (Å²) >= 11 is 0. The van der Waals surface area contributed by atoms with Gasteiger partial charge in [0.2, 0.25) is 5.91 Å². The van der Waals surface area contributed by atoms with Crippen molar-refractivity contribution >= 4 is 15.7 Å². The molecule has 132 valence electrons. The van der Waals surface area contributed by atoms with E-state index in [2.05, 4.69) is 0 Å². The van der Waals surface area contributed by atoms with Gasteiger partial charge in [0.25, 0.3) is 0 Å². The zero-order valence-corrected chi connectivity index (χ0v) is 14.1. The molecule has 1 fully saturated rings. The summed E-state index contributed by atoms with van der Waals surface area (Å²) in [4.78, 5) is 13.3. The summed E-state index contributed by atoms with van der Waals surface area (Å²) in [6.45, 7) is 0.519. The summed E-state index contributed by atoms with van der Waals surface area (Å²) in [6, 6.07) is 5.83. The molecule has 1 aliphatic heterocycles. The van der Waals surface area contributed by atoms with E-state index >= 15 is 0 Å². The second-order valence-corrected chi connectivity index (χ2v) is 7.55. The molecule has 2 N–H and O–H groups in total. The number of carbonyl (C=O) groups excluding carboxylic acids is 1. The van der Waals surface area contributed by atoms with Gasteiger partial charge in [0, 0.05) is 25.1 Å². The van der Waals surface area contributed by atoms with Crippen LogP contribution in [0.25, 0.3) is 0 Å². The van der Waals surface area contributed by atoms with Crippen LogP contribution in [0, 0.1) is 0 Å². The van der Waals surface area contributed by atoms with Crippen LogP contribution in [0.4, 0.5) is 4.39 Å². The number of nitrogens with two attached hydrogens (primary N) is 1. The third kappa shape index (κ3) is 4.78. The van der Waals surface area contributed by atoms with Crippen LogP contribution in [0.15, 0.2) is 41.1 Å². The Labute approximate surface area is 141 Å². The molecule has 0 saturated carbocycles. The van der Waals surface area contributed by atoms with Gasteiger partial charge in [-0.1, -0.05) is 0 Å². The molecule has 1 amide bonds. The van der Waals surface area contributed by atoms with Crippen LogP contribution < -0.4 is 10.5 Å². The van der Waals surface area contributed by atoms with Crippen LogP contribution >= 0.6 is 0 Å². The van der Waals surface area contributed by atoms with Crippen molar-refractivity contribution in [1.29, 1.82) is 0 Å². The van der Waals surface area contributed by atoms with Crippen molar-refractivity contribution in [3.05, 3.63) is 36.2 Å². The number of sulfone groups is 1. The molecule has 8 heteroatoms. The molecule has 6 nitrogen and oxygen atoms in total. The molecule has 0 aromatic heterocycles. The molecular weight excluding hydrogens is 335 g/mol. The second-order valence-electron chi connectivity index (χ2n) is 5.59. The van der Waals surface area contributed by atoms with Gasteiger partial charge in [-0.25, -0.2) is 12.8 Å². The van der Waals surface area contributed by atoms with Crippen molar-refractivity contribution in [1.82, 2.24) is 4.90 Å². The van der Waals surface area contributed by atoms with Crippen molar-refractivity contribution in [2.75, 3.05) is 25.6 Å². The standard InChI is InChI=1S/C16H21FN2O4S/c17-9-13(10-18)11-23-14-4-6-15(7-5-14)24(21,22)12-19-8-2-1-3-16(19)20/h4-7,9H,1-3,8,10-12,18H2. The quantitative estimate of drug-likeness (QED) is 0.802. The second kappa shape index (κ2) is 8.25. The van der Waals surface area contributed by atoms with Gasteiger partial charge in [0.15, 0.2) is 9.84 Å². The summed E-state index contributed by atoms with van der Waals surface area (Å²) < 4.78 is 42.6. The first-order chi connectivity index (χ1) is 11.5. The minimum Gasteiger partial charge on any atom is -0.489 e. The predicted octanol–water partition coefficient (Wildman–Crippen LogP) is 1.62. The van der Waals surface area contributed by atoms with E-state index in [1.807, 2.05) is 0 Å². The number of benzene rings is 1. The number of ether oxygens (including phenoxy) is 1. The highest BCUT2D eigenvalue weighted by Crippen LogP contribution is 2.20. The molecule has 24 heavy (non-hydrogen) atoms. The highest BCUT2D eigenvalue weighted by Gasteiger charge is 2.25. The Balaban J connectivity index is 2.02. The third-order valence-corrected chi connectivity index (χ3v) is 5.41. The molecule has 1 heterocycles. The number of halogens is 1. The van der Waals surface area contributed by atoms with Crippen LogP contribution in [0.5, 0.6) is 5.75 Å². The topological polar surface area (TPSA) is 89.7 Å². The molecule has 0 radical (unpaired) electrons. The highest BCUT2D eigenvalue weighted by atomic mass is 32.2. The van der Waals surface area contributed by atoms with Crippen molar-refractivity contribution in [2.45, 2.75) is 24.2 Å². The third-order valence-electron chi connectivity index (χ3n) is 3.77. The van der Waals surface area contributed by atoms with Gasteiger partial charge in [0.05, 0.1) is 11.2 Å². The molecule has 2 rings (SSSR count). The average Bonchev–Trinajstić information content (AvgIpc) is 2.58. The van der Waals surface area contributed by atoms with Gasteiger partial charge < -0.3 is 15.4 Å². The van der Waals surface area contributed by atoms with Crippen LogP contribution in [-0.2, 0) is 14.6 Å². The molecule has 0 bridgehead atoms. The van der Waals surface area contributed by atoms with E-state index in [-0.39, 0.29) is 29.8 Å². The normalized spacial score (nSPS) is 16.3. The summed E-state index contributed by atoms with van der Waals surface area (Å²) in [5.41, 5.74) is 5.63. The maximum atomic E-state index is 12.4. The predicted molar refractivity (Wildman–Crippen MR) is 87.8 cm³/mol. The Morgan fingerprint density at radius 2 is 2.00 bits per heavy atom. The molecular formula is C16H21FN2O4S. The smallest absolute Gasteiger partial charge is 0.223 e. The van der Waals surface area contributed by atoms with Gasteiger partial charge in [0.1, 0.15) is 18.2 Å². The molecule has 1 aliphatic rings. The zero-order chi connectivity index (χ0) is 17.6. The molecule has 0 atom stereocenters. The number of hydrogen-bond donors (Lipinski definition) is 1. The lowest BCUT2D eigenvalue weighted by Gasteiger charge is -2.26. The van der Waals surface area contributed by atoms with E-state index in [0.29, 0.717) is 30.6 Å². The van der Waals surface area contributed by atoms with Crippen LogP contribution in [-0.4, -0.2) is 44.8 Å². The fourth-order valence-electron chi connectivity index (χ4n) is 2.33. The number of nitrogens with zero attached hydrogens (tertiary/aromatic N) is 1. The van der Waals surface area contributed by atoms with E-state index < -0.39 is 9.84 Å². The van der Waals surface area contributed by atoms with Gasteiger partial charge in [-0.3, -0.25) is 4.79 Å². The van der Waals surface area contributed by atoms with Crippen LogP contribution in [0.2, 0.25) is 0 Å². The molecule has 0 unspecified atom stereocenters. The molecule has 0 spiro atoms. The first-order valence-corrected chi connectivity index (χ1v) is 9.33. The Bertz CT molecular complexity index is 701. The SMILES string of the molecule is NCC(=CF)COc1ccc(S(=O)(=O)CN2CCCCC2=O)cc1. The largest absolute Gasteiger partial charge is 0.489 e. The van der Waals surface area contributed by atoms with Gasteiger partial charge >= 0.3 is 0 Å². The fourth-order valence-corrected chi connectivity index (χ4v) is 3.72. The minimum atomic E-state index is -3.59. The van der Waals surface area contributed by atoms with E-state index in [1.165, 1.54) is 29.2 Å². The summed E-state index contributed by atoms with van der Waals surface area (Å²) in [6.07, 6.45) is 2.42. The summed E-state index contributed by atoms with van der Waals surface area (Å²) in [5, 5.41) is 0. The minimum absolute atomic E-state index is 0.00137. The van der Waals surface area contributed by atoms with Crippen molar-refractivity contribution < 1.29 is 22.3 Å². The Morgan fingerprint density at radius 3 is 2.58 bits per heavy atom. The maximum absolute atomic E-state index is 12.4. The molecule has 1 aromatic carbocycles. The number of likely N-dealkylation sites (tertiary alicyclic amines) is 1. The van der Waals surface area contributed by atoms with Gasteiger partial charge in [-0.05, 0) is 37.1 Å². The lowest BCUT2D eigenvalue weighted by Crippen LogP contribution is -2.38. The Kier molecular flexibility index (Phi) is 6.33. The molecule has 0 aliphatic carbocycles. The van der Waals surface area contributed by atoms with E-state index in [1.54, 1.807) is 0 Å². The average molecular weight is 356 g/mol. The lowest BCUT2D eigenvalue weighted by atomic mass is 10.1. The number of amides is 1. The number of piperidine rings is 1. The number of hydrogen-bond acceptors (Lipinski definition) is 5. The Hall–Kier alpha value is -1.93. The highest BCUT2D eigenvalue weighted by molar-refractivity contribution is 7.91. The fraction of sp³-hybridized carbons (Fsp3) is 0.438. The maximum Gasteiger partial charge on any atom is 0.223 e. The van der Waals surface area contributed by atoms with Crippen molar-refractivity contribution in [3.63, 3.8) is 0 Å². The van der Waals surface area contributed by atoms with Crippen LogP contribution in [0.1, 0.15) is 19.3 Å². The number of carbonyl (C=O) groups is 1. The molecule has 1 aromatic rings.